The number of hydrogen-bond donors (Lipinski definition) is 0. The molecule has 9 aromatic rings. The molecular formula is C40H24N4OS. The SMILES string of the molecule is c1ccc(-c2nc(-c3ccccc3)nc(-c3ccc4sc(-c5cccc(-c6cccc7c6oc6ccccc67)c5)nc4c3)n2)cc1. The fourth-order valence-electron chi connectivity index (χ4n) is 5.92. The monoisotopic (exact) mass is 608 g/mol. The average Bonchev–Trinajstić information content (AvgIpc) is 3.74. The van der Waals surface area contributed by atoms with E-state index >= 15 is 0 Å². The van der Waals surface area contributed by atoms with E-state index in [1.807, 2.05) is 78.9 Å². The number of furan rings is 1. The van der Waals surface area contributed by atoms with Crippen LogP contribution in [0.15, 0.2) is 150 Å². The van der Waals surface area contributed by atoms with Crippen molar-refractivity contribution >= 4 is 43.5 Å². The number of hydrogen-bond acceptors (Lipinski definition) is 6. The summed E-state index contributed by atoms with van der Waals surface area (Å²) in [6.45, 7) is 0. The van der Waals surface area contributed by atoms with Crippen molar-refractivity contribution in [2.24, 2.45) is 0 Å². The summed E-state index contributed by atoms with van der Waals surface area (Å²) in [7, 11) is 0. The Kier molecular flexibility index (Phi) is 6.25. The molecule has 0 aliphatic carbocycles. The van der Waals surface area contributed by atoms with Crippen molar-refractivity contribution in [3.05, 3.63) is 146 Å². The van der Waals surface area contributed by atoms with Gasteiger partial charge in [0.2, 0.25) is 0 Å². The van der Waals surface area contributed by atoms with Crippen molar-refractivity contribution < 1.29 is 4.42 Å². The van der Waals surface area contributed by atoms with Gasteiger partial charge in [0.15, 0.2) is 17.5 Å². The molecule has 6 heteroatoms. The molecule has 0 aliphatic heterocycles. The highest BCUT2D eigenvalue weighted by molar-refractivity contribution is 7.21. The summed E-state index contributed by atoms with van der Waals surface area (Å²) < 4.78 is 7.43. The Morgan fingerprint density at radius 3 is 1.80 bits per heavy atom. The van der Waals surface area contributed by atoms with Crippen molar-refractivity contribution in [3.8, 4) is 55.9 Å². The topological polar surface area (TPSA) is 64.7 Å². The highest BCUT2D eigenvalue weighted by Crippen LogP contribution is 2.38. The minimum absolute atomic E-state index is 0.616. The van der Waals surface area contributed by atoms with Crippen LogP contribution in [0.4, 0.5) is 0 Å². The second-order valence-corrected chi connectivity index (χ2v) is 12.1. The van der Waals surface area contributed by atoms with E-state index in [4.69, 9.17) is 24.4 Å². The van der Waals surface area contributed by atoms with Gasteiger partial charge in [-0.2, -0.15) is 0 Å². The minimum Gasteiger partial charge on any atom is -0.455 e. The van der Waals surface area contributed by atoms with E-state index in [9.17, 15) is 0 Å². The maximum atomic E-state index is 6.33. The fourth-order valence-corrected chi connectivity index (χ4v) is 6.86. The van der Waals surface area contributed by atoms with Crippen LogP contribution in [0.5, 0.6) is 0 Å². The normalized spacial score (nSPS) is 11.5. The van der Waals surface area contributed by atoms with Crippen molar-refractivity contribution in [2.45, 2.75) is 0 Å². The lowest BCUT2D eigenvalue weighted by Gasteiger charge is -2.08. The quantitative estimate of drug-likeness (QED) is 0.194. The summed E-state index contributed by atoms with van der Waals surface area (Å²) in [5.41, 5.74) is 8.70. The van der Waals surface area contributed by atoms with E-state index in [1.54, 1.807) is 11.3 Å². The first-order chi connectivity index (χ1) is 22.8. The van der Waals surface area contributed by atoms with Gasteiger partial charge in [-0.15, -0.1) is 11.3 Å². The third-order valence-corrected chi connectivity index (χ3v) is 9.26. The zero-order valence-corrected chi connectivity index (χ0v) is 25.3. The molecule has 3 aromatic heterocycles. The van der Waals surface area contributed by atoms with Crippen LogP contribution in [-0.2, 0) is 0 Å². The first-order valence-electron chi connectivity index (χ1n) is 15.1. The molecule has 0 fully saturated rings. The van der Waals surface area contributed by atoms with Gasteiger partial charge in [-0.25, -0.2) is 19.9 Å². The smallest absolute Gasteiger partial charge is 0.164 e. The summed E-state index contributed by atoms with van der Waals surface area (Å²) in [6.07, 6.45) is 0. The van der Waals surface area contributed by atoms with Gasteiger partial charge in [-0.1, -0.05) is 115 Å². The lowest BCUT2D eigenvalue weighted by atomic mass is 10.0. The van der Waals surface area contributed by atoms with Gasteiger partial charge in [0.25, 0.3) is 0 Å². The third kappa shape index (κ3) is 4.64. The molecule has 0 saturated heterocycles. The lowest BCUT2D eigenvalue weighted by Crippen LogP contribution is -2.00. The number of rotatable bonds is 5. The Hall–Kier alpha value is -5.98. The minimum atomic E-state index is 0.616. The maximum Gasteiger partial charge on any atom is 0.164 e. The summed E-state index contributed by atoms with van der Waals surface area (Å²) in [6, 6.07) is 49.4. The molecule has 0 N–H and O–H groups in total. The van der Waals surface area contributed by atoms with Gasteiger partial charge in [-0.3, -0.25) is 0 Å². The molecule has 0 spiro atoms. The average molecular weight is 609 g/mol. The molecule has 0 saturated carbocycles. The van der Waals surface area contributed by atoms with E-state index in [0.29, 0.717) is 17.5 Å². The standard InChI is InChI=1S/C40H24N4OS/c1-3-11-25(12-4-1)37-42-38(26-13-5-2-6-14-26)44-39(43-37)28-21-22-35-33(24-28)41-40(46-35)29-16-9-15-27(23-29)30-18-10-19-32-31-17-7-8-20-34(31)45-36(30)32/h1-24H. The van der Waals surface area contributed by atoms with Crippen LogP contribution >= 0.6 is 11.3 Å². The van der Waals surface area contributed by atoms with Crippen LogP contribution in [0.3, 0.4) is 0 Å². The van der Waals surface area contributed by atoms with Gasteiger partial charge in [0.1, 0.15) is 16.2 Å². The number of fused-ring (bicyclic) bond motifs is 4. The van der Waals surface area contributed by atoms with E-state index in [1.165, 1.54) is 0 Å². The summed E-state index contributed by atoms with van der Waals surface area (Å²) in [5.74, 6) is 1.89. The molecule has 5 nitrogen and oxygen atoms in total. The Bertz CT molecular complexity index is 2480. The molecule has 9 rings (SSSR count). The molecule has 46 heavy (non-hydrogen) atoms. The van der Waals surface area contributed by atoms with Crippen LogP contribution in [0.1, 0.15) is 0 Å². The van der Waals surface area contributed by atoms with Crippen LogP contribution in [-0.4, -0.2) is 19.9 Å². The van der Waals surface area contributed by atoms with Gasteiger partial charge in [0, 0.05) is 38.6 Å². The molecule has 0 atom stereocenters. The predicted molar refractivity (Wildman–Crippen MR) is 187 cm³/mol. The van der Waals surface area contributed by atoms with E-state index in [2.05, 4.69) is 66.7 Å². The van der Waals surface area contributed by atoms with E-state index in [0.717, 1.165) is 70.5 Å². The Balaban J connectivity index is 1.12. The molecule has 0 aliphatic rings. The molecule has 6 aromatic carbocycles. The molecule has 0 unspecified atom stereocenters. The van der Waals surface area contributed by atoms with Crippen LogP contribution in [0, 0.1) is 0 Å². The van der Waals surface area contributed by atoms with Crippen molar-refractivity contribution in [1.29, 1.82) is 0 Å². The van der Waals surface area contributed by atoms with Crippen molar-refractivity contribution in [3.63, 3.8) is 0 Å². The summed E-state index contributed by atoms with van der Waals surface area (Å²) >= 11 is 1.68. The number of thiazole rings is 1. The fraction of sp³-hybridized carbons (Fsp3) is 0. The molecule has 0 bridgehead atoms. The summed E-state index contributed by atoms with van der Waals surface area (Å²) in [4.78, 5) is 19.7. The van der Waals surface area contributed by atoms with E-state index in [-0.39, 0.29) is 0 Å². The Labute approximate surface area is 268 Å². The summed E-state index contributed by atoms with van der Waals surface area (Å²) in [5, 5.41) is 3.20. The number of nitrogens with zero attached hydrogens (tertiary/aromatic N) is 4. The number of para-hydroxylation sites is 2. The molecular weight excluding hydrogens is 585 g/mol. The Morgan fingerprint density at radius 2 is 1.04 bits per heavy atom. The Morgan fingerprint density at radius 1 is 0.435 bits per heavy atom. The van der Waals surface area contributed by atoms with Crippen LogP contribution in [0.25, 0.3) is 88.0 Å². The first-order valence-corrected chi connectivity index (χ1v) is 15.9. The molecule has 216 valence electrons. The second kappa shape index (κ2) is 10.9. The lowest BCUT2D eigenvalue weighted by molar-refractivity contribution is 0.670. The first kappa shape index (κ1) is 26.4. The van der Waals surface area contributed by atoms with Crippen LogP contribution in [0.2, 0.25) is 0 Å². The largest absolute Gasteiger partial charge is 0.455 e. The zero-order chi connectivity index (χ0) is 30.5. The number of aromatic nitrogens is 4. The van der Waals surface area contributed by atoms with Crippen molar-refractivity contribution in [1.82, 2.24) is 19.9 Å². The van der Waals surface area contributed by atoms with Gasteiger partial charge in [-0.05, 0) is 35.9 Å². The number of benzene rings is 6. The third-order valence-electron chi connectivity index (χ3n) is 8.17. The van der Waals surface area contributed by atoms with Gasteiger partial charge in [0.05, 0.1) is 10.2 Å². The van der Waals surface area contributed by atoms with Gasteiger partial charge < -0.3 is 4.42 Å². The maximum absolute atomic E-state index is 6.33. The van der Waals surface area contributed by atoms with Gasteiger partial charge >= 0.3 is 0 Å². The zero-order valence-electron chi connectivity index (χ0n) is 24.5. The highest BCUT2D eigenvalue weighted by atomic mass is 32.1. The molecule has 0 radical (unpaired) electrons. The van der Waals surface area contributed by atoms with E-state index < -0.39 is 0 Å². The van der Waals surface area contributed by atoms with Crippen LogP contribution < -0.4 is 0 Å². The second-order valence-electron chi connectivity index (χ2n) is 11.1. The molecule has 0 amide bonds. The highest BCUT2D eigenvalue weighted by Gasteiger charge is 2.16. The molecule has 3 heterocycles. The predicted octanol–water partition coefficient (Wildman–Crippen LogP) is 10.7. The van der Waals surface area contributed by atoms with Crippen molar-refractivity contribution in [2.75, 3.05) is 0 Å².